The van der Waals surface area contributed by atoms with Crippen LogP contribution in [0.4, 0.5) is 0 Å². The van der Waals surface area contributed by atoms with Crippen molar-refractivity contribution in [2.24, 2.45) is 0 Å². The lowest BCUT2D eigenvalue weighted by atomic mass is 10.1. The van der Waals surface area contributed by atoms with Gasteiger partial charge in [-0.05, 0) is 17.9 Å². The molecule has 0 aliphatic rings. The van der Waals surface area contributed by atoms with E-state index in [9.17, 15) is 4.79 Å². The fourth-order valence-corrected chi connectivity index (χ4v) is 1.89. The minimum atomic E-state index is -0.432. The molecule has 0 radical (unpaired) electrons. The number of aryl methyl sites for hydroxylation is 1. The van der Waals surface area contributed by atoms with E-state index in [4.69, 9.17) is 9.47 Å². The molecule has 0 bridgehead atoms. The Bertz CT molecular complexity index is 602. The average Bonchev–Trinajstić information content (AvgIpc) is 2.45. The van der Waals surface area contributed by atoms with Crippen LogP contribution in [0.5, 0.6) is 5.75 Å². The lowest BCUT2D eigenvalue weighted by molar-refractivity contribution is -0.138. The predicted molar refractivity (Wildman–Crippen MR) is 75.3 cm³/mol. The van der Waals surface area contributed by atoms with Gasteiger partial charge in [-0.15, -0.1) is 0 Å². The summed E-state index contributed by atoms with van der Waals surface area (Å²) in [5.74, 6) is 0.408. The summed E-state index contributed by atoms with van der Waals surface area (Å²) in [6.07, 6.45) is 1.14. The highest BCUT2D eigenvalue weighted by molar-refractivity contribution is 5.89. The van der Waals surface area contributed by atoms with Gasteiger partial charge in [0.25, 0.3) is 0 Å². The number of esters is 1. The summed E-state index contributed by atoms with van der Waals surface area (Å²) in [5.41, 5.74) is 1.06. The Balaban J connectivity index is 2.09. The summed E-state index contributed by atoms with van der Waals surface area (Å²) in [6, 6.07) is 12.1. The first-order chi connectivity index (χ1) is 9.22. The number of ether oxygens (including phenoxy) is 2. The predicted octanol–water partition coefficient (Wildman–Crippen LogP) is 3.26. The van der Waals surface area contributed by atoms with Gasteiger partial charge in [-0.25, -0.2) is 4.79 Å². The minimum Gasteiger partial charge on any atom is -0.489 e. The Morgan fingerprint density at radius 1 is 1.21 bits per heavy atom. The van der Waals surface area contributed by atoms with Crippen LogP contribution in [0.15, 0.2) is 49.1 Å². The highest BCUT2D eigenvalue weighted by Crippen LogP contribution is 2.29. The number of fused-ring (bicyclic) bond motifs is 1. The first-order valence-corrected chi connectivity index (χ1v) is 6.12. The Labute approximate surface area is 112 Å². The van der Waals surface area contributed by atoms with Crippen LogP contribution in [-0.4, -0.2) is 19.2 Å². The Hall–Kier alpha value is -2.29. The van der Waals surface area contributed by atoms with Crippen molar-refractivity contribution in [2.45, 2.75) is 6.92 Å². The normalized spacial score (nSPS) is 10.2. The van der Waals surface area contributed by atoms with Gasteiger partial charge in [0, 0.05) is 11.5 Å². The molecule has 2 aromatic carbocycles. The number of carbonyl (C=O) groups excluding carboxylic acids is 1. The molecule has 0 heterocycles. The molecule has 2 rings (SSSR count). The van der Waals surface area contributed by atoms with E-state index in [2.05, 4.69) is 12.6 Å². The van der Waals surface area contributed by atoms with Gasteiger partial charge in [0.05, 0.1) is 0 Å². The smallest absolute Gasteiger partial charge is 0.330 e. The van der Waals surface area contributed by atoms with Crippen LogP contribution in [-0.2, 0) is 9.53 Å². The van der Waals surface area contributed by atoms with Crippen LogP contribution in [0, 0.1) is 6.92 Å². The van der Waals surface area contributed by atoms with Gasteiger partial charge in [0.15, 0.2) is 0 Å². The van der Waals surface area contributed by atoms with Gasteiger partial charge in [0.1, 0.15) is 19.0 Å². The molecular formula is C16H16O3. The fraction of sp³-hybridized carbons (Fsp3) is 0.188. The van der Waals surface area contributed by atoms with E-state index >= 15 is 0 Å². The third-order valence-electron chi connectivity index (χ3n) is 2.82. The van der Waals surface area contributed by atoms with Gasteiger partial charge >= 0.3 is 5.97 Å². The number of rotatable bonds is 5. The number of hydrogen-bond donors (Lipinski definition) is 0. The second-order valence-electron chi connectivity index (χ2n) is 4.15. The van der Waals surface area contributed by atoms with Crippen molar-refractivity contribution in [1.29, 1.82) is 0 Å². The molecule has 0 spiro atoms. The Kier molecular flexibility index (Phi) is 4.18. The van der Waals surface area contributed by atoms with E-state index in [1.807, 2.05) is 37.3 Å². The van der Waals surface area contributed by atoms with E-state index in [0.717, 1.165) is 28.2 Å². The topological polar surface area (TPSA) is 35.5 Å². The van der Waals surface area contributed by atoms with Crippen LogP contribution < -0.4 is 4.74 Å². The van der Waals surface area contributed by atoms with Crippen molar-refractivity contribution in [3.05, 3.63) is 54.6 Å². The van der Waals surface area contributed by atoms with E-state index in [0.29, 0.717) is 6.61 Å². The first kappa shape index (κ1) is 13.1. The van der Waals surface area contributed by atoms with Gasteiger partial charge in [-0.2, -0.15) is 0 Å². The molecule has 0 unspecified atom stereocenters. The van der Waals surface area contributed by atoms with Crippen LogP contribution in [0.3, 0.4) is 0 Å². The van der Waals surface area contributed by atoms with Crippen LogP contribution >= 0.6 is 0 Å². The molecule has 0 atom stereocenters. The van der Waals surface area contributed by atoms with E-state index in [-0.39, 0.29) is 6.61 Å². The quantitative estimate of drug-likeness (QED) is 0.468. The van der Waals surface area contributed by atoms with Gasteiger partial charge in [-0.1, -0.05) is 43.0 Å². The molecule has 0 amide bonds. The molecule has 0 aliphatic carbocycles. The zero-order chi connectivity index (χ0) is 13.7. The van der Waals surface area contributed by atoms with Gasteiger partial charge in [-0.3, -0.25) is 0 Å². The van der Waals surface area contributed by atoms with Crippen molar-refractivity contribution in [3.63, 3.8) is 0 Å². The highest BCUT2D eigenvalue weighted by atomic mass is 16.6. The largest absolute Gasteiger partial charge is 0.489 e. The summed E-state index contributed by atoms with van der Waals surface area (Å²) < 4.78 is 10.6. The molecule has 98 valence electrons. The molecule has 3 nitrogen and oxygen atoms in total. The summed E-state index contributed by atoms with van der Waals surface area (Å²) in [5, 5.41) is 2.20. The number of carbonyl (C=O) groups is 1. The minimum absolute atomic E-state index is 0.216. The van der Waals surface area contributed by atoms with Crippen LogP contribution in [0.25, 0.3) is 10.8 Å². The lowest BCUT2D eigenvalue weighted by Crippen LogP contribution is -2.10. The van der Waals surface area contributed by atoms with Crippen molar-refractivity contribution in [1.82, 2.24) is 0 Å². The summed E-state index contributed by atoms with van der Waals surface area (Å²) >= 11 is 0. The maximum absolute atomic E-state index is 10.9. The molecule has 0 N–H and O–H groups in total. The van der Waals surface area contributed by atoms with Crippen LogP contribution in [0.1, 0.15) is 5.56 Å². The molecule has 19 heavy (non-hydrogen) atoms. The standard InChI is InChI=1S/C16H16O3/c1-3-15(17)18-10-11-19-16-12(2)8-9-13-6-4-5-7-14(13)16/h3-9H,1,10-11H2,2H3. The van der Waals surface area contributed by atoms with E-state index < -0.39 is 5.97 Å². The highest BCUT2D eigenvalue weighted by Gasteiger charge is 2.05. The number of benzene rings is 2. The second-order valence-corrected chi connectivity index (χ2v) is 4.15. The molecule has 3 heteroatoms. The Morgan fingerprint density at radius 2 is 2.00 bits per heavy atom. The first-order valence-electron chi connectivity index (χ1n) is 6.12. The van der Waals surface area contributed by atoms with Crippen molar-refractivity contribution >= 4 is 16.7 Å². The second kappa shape index (κ2) is 6.05. The zero-order valence-corrected chi connectivity index (χ0v) is 10.9. The Morgan fingerprint density at radius 3 is 2.79 bits per heavy atom. The monoisotopic (exact) mass is 256 g/mol. The van der Waals surface area contributed by atoms with Gasteiger partial charge in [0.2, 0.25) is 0 Å². The van der Waals surface area contributed by atoms with Crippen LogP contribution in [0.2, 0.25) is 0 Å². The average molecular weight is 256 g/mol. The lowest BCUT2D eigenvalue weighted by Gasteiger charge is -2.12. The molecule has 0 saturated carbocycles. The molecule has 0 saturated heterocycles. The fourth-order valence-electron chi connectivity index (χ4n) is 1.89. The third-order valence-corrected chi connectivity index (χ3v) is 2.82. The van der Waals surface area contributed by atoms with Crippen molar-refractivity contribution in [2.75, 3.05) is 13.2 Å². The summed E-state index contributed by atoms with van der Waals surface area (Å²) in [4.78, 5) is 10.9. The third kappa shape index (κ3) is 3.13. The van der Waals surface area contributed by atoms with E-state index in [1.54, 1.807) is 0 Å². The maximum Gasteiger partial charge on any atom is 0.330 e. The van der Waals surface area contributed by atoms with Crippen molar-refractivity contribution < 1.29 is 14.3 Å². The molecule has 0 aromatic heterocycles. The summed E-state index contributed by atoms with van der Waals surface area (Å²) in [7, 11) is 0. The van der Waals surface area contributed by atoms with Crippen molar-refractivity contribution in [3.8, 4) is 5.75 Å². The maximum atomic E-state index is 10.9. The van der Waals surface area contributed by atoms with Gasteiger partial charge < -0.3 is 9.47 Å². The summed E-state index contributed by atoms with van der Waals surface area (Å²) in [6.45, 7) is 5.88. The molecule has 2 aromatic rings. The van der Waals surface area contributed by atoms with E-state index in [1.165, 1.54) is 0 Å². The molecular weight excluding hydrogens is 240 g/mol. The number of hydrogen-bond acceptors (Lipinski definition) is 3. The SMILES string of the molecule is C=CC(=O)OCCOc1c(C)ccc2ccccc12. The molecule has 0 fully saturated rings. The molecule has 0 aliphatic heterocycles. The zero-order valence-electron chi connectivity index (χ0n) is 10.9.